The van der Waals surface area contributed by atoms with E-state index in [1.165, 1.54) is 17.7 Å². The van der Waals surface area contributed by atoms with E-state index < -0.39 is 27.4 Å². The maximum Gasteiger partial charge on any atom is 0.248 e. The third-order valence-corrected chi connectivity index (χ3v) is 7.46. The highest BCUT2D eigenvalue weighted by Gasteiger charge is 2.16. The van der Waals surface area contributed by atoms with Gasteiger partial charge in [-0.3, -0.25) is 4.79 Å². The third kappa shape index (κ3) is 5.63. The summed E-state index contributed by atoms with van der Waals surface area (Å²) < 4.78 is 59.5. The summed E-state index contributed by atoms with van der Waals surface area (Å²) in [5.41, 5.74) is 1.10. The number of hydrogen-bond acceptors (Lipinski definition) is 5. The number of halogens is 2. The molecule has 3 rings (SSSR count). The number of benzene rings is 2. The maximum atomic E-state index is 14.3. The van der Waals surface area contributed by atoms with Crippen molar-refractivity contribution in [1.82, 2.24) is 4.57 Å². The molecule has 166 valence electrons. The van der Waals surface area contributed by atoms with E-state index in [1.807, 2.05) is 6.92 Å². The Balaban J connectivity index is 1.79. The number of carbonyl (C=O) groups is 1. The molecule has 0 atom stereocenters. The first-order valence-corrected chi connectivity index (χ1v) is 12.0. The molecule has 0 saturated carbocycles. The van der Waals surface area contributed by atoms with Crippen molar-refractivity contribution < 1.29 is 26.7 Å². The molecule has 0 spiro atoms. The number of aromatic nitrogens is 1. The van der Waals surface area contributed by atoms with Crippen molar-refractivity contribution in [3.8, 4) is 0 Å². The Labute approximate surface area is 182 Å². The normalized spacial score (nSPS) is 12.6. The fourth-order valence-electron chi connectivity index (χ4n) is 3.04. The smallest absolute Gasteiger partial charge is 0.248 e. The monoisotopic (exact) mass is 468 g/mol. The van der Waals surface area contributed by atoms with Crippen LogP contribution in [0.3, 0.4) is 0 Å². The Morgan fingerprint density at radius 3 is 2.58 bits per heavy atom. The van der Waals surface area contributed by atoms with Gasteiger partial charge in [-0.1, -0.05) is 29.0 Å². The Kier molecular flexibility index (Phi) is 7.34. The second-order valence-corrected chi connectivity index (χ2v) is 10.1. The number of aryl methyl sites for hydroxylation is 1. The van der Waals surface area contributed by atoms with Crippen molar-refractivity contribution in [2.24, 2.45) is 4.99 Å². The van der Waals surface area contributed by atoms with Crippen molar-refractivity contribution in [3.63, 3.8) is 0 Å². The van der Waals surface area contributed by atoms with E-state index in [4.69, 9.17) is 4.74 Å². The van der Waals surface area contributed by atoms with Crippen LogP contribution in [0, 0.1) is 18.6 Å². The number of rotatable bonds is 8. The van der Waals surface area contributed by atoms with E-state index in [-0.39, 0.29) is 47.0 Å². The summed E-state index contributed by atoms with van der Waals surface area (Å²) in [6.07, 6.45) is 0.0188. The topological polar surface area (TPSA) is 77.7 Å². The van der Waals surface area contributed by atoms with E-state index in [9.17, 15) is 22.0 Å². The first kappa shape index (κ1) is 23.2. The van der Waals surface area contributed by atoms with Crippen molar-refractivity contribution in [3.05, 3.63) is 58.4 Å². The zero-order valence-electron chi connectivity index (χ0n) is 17.1. The summed E-state index contributed by atoms with van der Waals surface area (Å²) in [5.74, 6) is -2.18. The van der Waals surface area contributed by atoms with Gasteiger partial charge in [-0.2, -0.15) is 4.99 Å². The molecule has 31 heavy (non-hydrogen) atoms. The number of sulfone groups is 1. The van der Waals surface area contributed by atoms with Gasteiger partial charge in [0.15, 0.2) is 20.5 Å². The first-order chi connectivity index (χ1) is 14.7. The number of methoxy groups -OCH3 is 1. The van der Waals surface area contributed by atoms with Crippen LogP contribution in [-0.2, 0) is 25.9 Å². The standard InChI is InChI=1S/C21H22F2N2O4S2/c1-14-5-7-16(8-6-14)31(27,28)11-3-4-19(26)24-21-25(9-10-29-2)20-17(23)12-15(22)13-18(20)30-21/h5-8,12-13H,3-4,9-11H2,1-2H3. The fraction of sp³-hybridized carbons (Fsp3) is 0.333. The van der Waals surface area contributed by atoms with E-state index >= 15 is 0 Å². The summed E-state index contributed by atoms with van der Waals surface area (Å²) in [5, 5.41) is 0. The minimum Gasteiger partial charge on any atom is -0.383 e. The molecule has 0 bridgehead atoms. The van der Waals surface area contributed by atoms with E-state index in [0.29, 0.717) is 4.70 Å². The predicted molar refractivity (Wildman–Crippen MR) is 115 cm³/mol. The minimum atomic E-state index is -3.50. The highest BCUT2D eigenvalue weighted by atomic mass is 32.2. The Morgan fingerprint density at radius 2 is 1.90 bits per heavy atom. The largest absolute Gasteiger partial charge is 0.383 e. The molecule has 10 heteroatoms. The van der Waals surface area contributed by atoms with Gasteiger partial charge >= 0.3 is 0 Å². The SMILES string of the molecule is COCCn1c(=NC(=O)CCCS(=O)(=O)c2ccc(C)cc2)sc2cc(F)cc(F)c21. The molecule has 0 unspecified atom stereocenters. The van der Waals surface area contributed by atoms with Crippen LogP contribution in [0.4, 0.5) is 8.78 Å². The van der Waals surface area contributed by atoms with Crippen LogP contribution in [-0.4, -0.2) is 38.4 Å². The highest BCUT2D eigenvalue weighted by Crippen LogP contribution is 2.22. The highest BCUT2D eigenvalue weighted by molar-refractivity contribution is 7.91. The second-order valence-electron chi connectivity index (χ2n) is 7.00. The molecule has 1 aromatic heterocycles. The molecule has 0 aliphatic carbocycles. The Morgan fingerprint density at radius 1 is 1.19 bits per heavy atom. The molecule has 0 N–H and O–H groups in total. The van der Waals surface area contributed by atoms with Crippen LogP contribution in [0.5, 0.6) is 0 Å². The molecule has 0 aliphatic heterocycles. The Hall–Kier alpha value is -2.43. The molecular formula is C21H22F2N2O4S2. The number of nitrogens with zero attached hydrogens (tertiary/aromatic N) is 2. The summed E-state index contributed by atoms with van der Waals surface area (Å²) in [4.78, 5) is 16.8. The lowest BCUT2D eigenvalue weighted by molar-refractivity contribution is -0.118. The second kappa shape index (κ2) is 9.80. The molecule has 0 fully saturated rings. The molecular weight excluding hydrogens is 446 g/mol. The lowest BCUT2D eigenvalue weighted by Crippen LogP contribution is -2.20. The predicted octanol–water partition coefficient (Wildman–Crippen LogP) is 3.62. The molecule has 0 radical (unpaired) electrons. The minimum absolute atomic E-state index is 0.0829. The van der Waals surface area contributed by atoms with E-state index in [1.54, 1.807) is 24.3 Å². The van der Waals surface area contributed by atoms with Gasteiger partial charge in [0.25, 0.3) is 0 Å². The molecule has 0 saturated heterocycles. The number of carbonyl (C=O) groups excluding carboxylic acids is 1. The van der Waals surface area contributed by atoms with Gasteiger partial charge in [0.05, 0.1) is 27.5 Å². The Bertz CT molecular complexity index is 1260. The van der Waals surface area contributed by atoms with Crippen molar-refractivity contribution in [2.45, 2.75) is 31.2 Å². The van der Waals surface area contributed by atoms with Crippen LogP contribution < -0.4 is 4.80 Å². The van der Waals surface area contributed by atoms with Crippen LogP contribution in [0.1, 0.15) is 18.4 Å². The zero-order chi connectivity index (χ0) is 22.6. The van der Waals surface area contributed by atoms with Gasteiger partial charge in [0.2, 0.25) is 5.91 Å². The molecule has 1 heterocycles. The lowest BCUT2D eigenvalue weighted by Gasteiger charge is -2.05. The fourth-order valence-corrected chi connectivity index (χ4v) is 5.47. The molecule has 3 aromatic rings. The van der Waals surface area contributed by atoms with Gasteiger partial charge in [0.1, 0.15) is 5.82 Å². The van der Waals surface area contributed by atoms with Gasteiger partial charge in [-0.15, -0.1) is 0 Å². The molecule has 2 aromatic carbocycles. The number of amides is 1. The maximum absolute atomic E-state index is 14.3. The van der Waals surface area contributed by atoms with E-state index in [2.05, 4.69) is 4.99 Å². The first-order valence-electron chi connectivity index (χ1n) is 9.55. The average Bonchev–Trinajstić information content (AvgIpc) is 3.03. The average molecular weight is 469 g/mol. The number of ether oxygens (including phenoxy) is 1. The summed E-state index contributed by atoms with van der Waals surface area (Å²) in [6.45, 7) is 2.34. The van der Waals surface area contributed by atoms with Gasteiger partial charge < -0.3 is 9.30 Å². The number of hydrogen-bond donors (Lipinski definition) is 0. The van der Waals surface area contributed by atoms with Gasteiger partial charge in [-0.05, 0) is 31.5 Å². The van der Waals surface area contributed by atoms with Crippen LogP contribution >= 0.6 is 11.3 Å². The van der Waals surface area contributed by atoms with Crippen molar-refractivity contribution >= 4 is 37.3 Å². The van der Waals surface area contributed by atoms with Crippen molar-refractivity contribution in [2.75, 3.05) is 19.5 Å². The quantitative estimate of drug-likeness (QED) is 0.506. The van der Waals surface area contributed by atoms with Crippen LogP contribution in [0.25, 0.3) is 10.2 Å². The lowest BCUT2D eigenvalue weighted by atomic mass is 10.2. The van der Waals surface area contributed by atoms with E-state index in [0.717, 1.165) is 23.0 Å². The third-order valence-electron chi connectivity index (χ3n) is 4.62. The summed E-state index contributed by atoms with van der Waals surface area (Å²) >= 11 is 0.990. The van der Waals surface area contributed by atoms with Crippen LogP contribution in [0.2, 0.25) is 0 Å². The van der Waals surface area contributed by atoms with Gasteiger partial charge in [0, 0.05) is 26.1 Å². The molecule has 0 aliphatic rings. The number of fused-ring (bicyclic) bond motifs is 1. The van der Waals surface area contributed by atoms with Gasteiger partial charge in [-0.25, -0.2) is 17.2 Å². The summed E-state index contributed by atoms with van der Waals surface area (Å²) in [7, 11) is -2.01. The van der Waals surface area contributed by atoms with Crippen molar-refractivity contribution in [1.29, 1.82) is 0 Å². The zero-order valence-corrected chi connectivity index (χ0v) is 18.7. The summed E-state index contributed by atoms with van der Waals surface area (Å²) in [6, 6.07) is 8.48. The number of thiazole rings is 1. The van der Waals surface area contributed by atoms with Crippen LogP contribution in [0.15, 0.2) is 46.3 Å². The molecule has 1 amide bonds. The molecule has 6 nitrogen and oxygen atoms in total.